The van der Waals surface area contributed by atoms with E-state index >= 15 is 0 Å². The first-order valence-electron chi connectivity index (χ1n) is 6.96. The Hall–Kier alpha value is -1.64. The minimum Gasteiger partial charge on any atom is -0.389 e. The highest BCUT2D eigenvalue weighted by Gasteiger charge is 2.23. The minimum absolute atomic E-state index is 0.501. The molecule has 0 bridgehead atoms. The van der Waals surface area contributed by atoms with Crippen molar-refractivity contribution in [1.29, 1.82) is 5.26 Å². The van der Waals surface area contributed by atoms with Gasteiger partial charge in [-0.1, -0.05) is 6.07 Å². The number of aliphatic hydroxyl groups is 1. The number of pyridine rings is 1. The monoisotopic (exact) mass is 274 g/mol. The van der Waals surface area contributed by atoms with E-state index in [4.69, 9.17) is 5.26 Å². The molecule has 0 aliphatic carbocycles. The van der Waals surface area contributed by atoms with E-state index in [-0.39, 0.29) is 0 Å². The standard InChI is InChI=1S/C15H22N4O/c1-12-4-5-14(17-13(12)10-16)19-8-6-18(7-9-19)11-15(2,3)20/h4-5,20H,6-9,11H2,1-3H3. The van der Waals surface area contributed by atoms with Gasteiger partial charge in [0.25, 0.3) is 0 Å². The lowest BCUT2D eigenvalue weighted by molar-refractivity contribution is 0.0344. The second-order valence-electron chi connectivity index (χ2n) is 6.02. The molecule has 0 amide bonds. The zero-order valence-corrected chi connectivity index (χ0v) is 12.4. The molecular weight excluding hydrogens is 252 g/mol. The summed E-state index contributed by atoms with van der Waals surface area (Å²) in [5.41, 5.74) is 0.761. The van der Waals surface area contributed by atoms with E-state index in [1.54, 1.807) is 0 Å². The summed E-state index contributed by atoms with van der Waals surface area (Å²) in [7, 11) is 0. The Labute approximate surface area is 120 Å². The molecule has 0 atom stereocenters. The largest absolute Gasteiger partial charge is 0.389 e. The fourth-order valence-corrected chi connectivity index (χ4v) is 2.49. The maximum atomic E-state index is 9.85. The van der Waals surface area contributed by atoms with Crippen LogP contribution in [-0.2, 0) is 0 Å². The number of hydrogen-bond donors (Lipinski definition) is 1. The molecule has 1 aliphatic heterocycles. The fourth-order valence-electron chi connectivity index (χ4n) is 2.49. The average molecular weight is 274 g/mol. The molecule has 1 fully saturated rings. The predicted molar refractivity (Wildman–Crippen MR) is 78.6 cm³/mol. The normalized spacial score (nSPS) is 17.1. The molecule has 0 spiro atoms. The van der Waals surface area contributed by atoms with Crippen LogP contribution in [0, 0.1) is 18.3 Å². The van der Waals surface area contributed by atoms with Crippen LogP contribution >= 0.6 is 0 Å². The minimum atomic E-state index is -0.655. The summed E-state index contributed by atoms with van der Waals surface area (Å²) in [6.07, 6.45) is 0. The lowest BCUT2D eigenvalue weighted by Crippen LogP contribution is -2.50. The quantitative estimate of drug-likeness (QED) is 0.896. The number of nitrogens with zero attached hydrogens (tertiary/aromatic N) is 4. The van der Waals surface area contributed by atoms with Crippen LogP contribution in [0.1, 0.15) is 25.1 Å². The van der Waals surface area contributed by atoms with Crippen molar-refractivity contribution in [1.82, 2.24) is 9.88 Å². The van der Waals surface area contributed by atoms with Gasteiger partial charge in [0.1, 0.15) is 17.6 Å². The average Bonchev–Trinajstić information content (AvgIpc) is 2.38. The van der Waals surface area contributed by atoms with Crippen LogP contribution in [0.15, 0.2) is 12.1 Å². The van der Waals surface area contributed by atoms with Gasteiger partial charge < -0.3 is 10.0 Å². The van der Waals surface area contributed by atoms with Gasteiger partial charge in [0, 0.05) is 32.7 Å². The van der Waals surface area contributed by atoms with Crippen molar-refractivity contribution in [2.45, 2.75) is 26.4 Å². The first-order chi connectivity index (χ1) is 9.39. The van der Waals surface area contributed by atoms with Crippen LogP contribution in [0.25, 0.3) is 0 Å². The lowest BCUT2D eigenvalue weighted by atomic mass is 10.1. The Balaban J connectivity index is 1.99. The van der Waals surface area contributed by atoms with Crippen LogP contribution in [0.2, 0.25) is 0 Å². The van der Waals surface area contributed by atoms with Crippen molar-refractivity contribution >= 4 is 5.82 Å². The molecule has 1 aromatic heterocycles. The van der Waals surface area contributed by atoms with Crippen LogP contribution in [0.5, 0.6) is 0 Å². The van der Waals surface area contributed by atoms with Crippen molar-refractivity contribution in [2.24, 2.45) is 0 Å². The third-order valence-corrected chi connectivity index (χ3v) is 3.50. The van der Waals surface area contributed by atoms with Gasteiger partial charge in [0.05, 0.1) is 5.60 Å². The zero-order chi connectivity index (χ0) is 14.8. The number of hydrogen-bond acceptors (Lipinski definition) is 5. The molecule has 0 unspecified atom stereocenters. The Morgan fingerprint density at radius 2 is 1.95 bits per heavy atom. The molecule has 108 valence electrons. The first-order valence-corrected chi connectivity index (χ1v) is 6.96. The van der Waals surface area contributed by atoms with Crippen molar-refractivity contribution in [3.8, 4) is 6.07 Å². The highest BCUT2D eigenvalue weighted by molar-refractivity contribution is 5.45. The molecule has 5 nitrogen and oxygen atoms in total. The number of piperazine rings is 1. The third kappa shape index (κ3) is 3.69. The van der Waals surface area contributed by atoms with Gasteiger partial charge >= 0.3 is 0 Å². The molecular formula is C15H22N4O. The lowest BCUT2D eigenvalue weighted by Gasteiger charge is -2.37. The number of rotatable bonds is 3. The topological polar surface area (TPSA) is 63.4 Å². The van der Waals surface area contributed by atoms with Gasteiger partial charge in [0.2, 0.25) is 0 Å². The highest BCUT2D eigenvalue weighted by atomic mass is 16.3. The first kappa shape index (κ1) is 14.8. The Morgan fingerprint density at radius 1 is 1.30 bits per heavy atom. The summed E-state index contributed by atoms with van der Waals surface area (Å²) in [5.74, 6) is 0.870. The molecule has 2 heterocycles. The number of nitriles is 1. The van der Waals surface area contributed by atoms with E-state index < -0.39 is 5.60 Å². The van der Waals surface area contributed by atoms with E-state index in [9.17, 15) is 5.11 Å². The number of β-amino-alcohol motifs (C(OH)–C–C–N with tert-alkyl or cyclic N) is 1. The van der Waals surface area contributed by atoms with Gasteiger partial charge in [-0.2, -0.15) is 5.26 Å². The molecule has 0 radical (unpaired) electrons. The molecule has 1 saturated heterocycles. The highest BCUT2D eigenvalue weighted by Crippen LogP contribution is 2.17. The van der Waals surface area contributed by atoms with Gasteiger partial charge in [0.15, 0.2) is 0 Å². The molecule has 0 aromatic carbocycles. The van der Waals surface area contributed by atoms with E-state index in [2.05, 4.69) is 20.9 Å². The Bertz CT molecular complexity index is 508. The Kier molecular flexibility index (Phi) is 4.26. The van der Waals surface area contributed by atoms with E-state index in [0.29, 0.717) is 12.2 Å². The van der Waals surface area contributed by atoms with E-state index in [1.165, 1.54) is 0 Å². The van der Waals surface area contributed by atoms with Crippen LogP contribution in [0.4, 0.5) is 5.82 Å². The fraction of sp³-hybridized carbons (Fsp3) is 0.600. The molecule has 0 saturated carbocycles. The van der Waals surface area contributed by atoms with Gasteiger partial charge in [-0.25, -0.2) is 4.98 Å². The summed E-state index contributed by atoms with van der Waals surface area (Å²) in [5, 5.41) is 18.9. The molecule has 1 aromatic rings. The Morgan fingerprint density at radius 3 is 2.50 bits per heavy atom. The van der Waals surface area contributed by atoms with Crippen molar-refractivity contribution in [3.05, 3.63) is 23.4 Å². The summed E-state index contributed by atoms with van der Waals surface area (Å²) in [6.45, 7) is 9.80. The van der Waals surface area contributed by atoms with Crippen LogP contribution in [-0.4, -0.2) is 53.3 Å². The SMILES string of the molecule is Cc1ccc(N2CCN(CC(C)(C)O)CC2)nc1C#N. The molecule has 1 aliphatic rings. The molecule has 2 rings (SSSR count). The van der Waals surface area contributed by atoms with Gasteiger partial charge in [-0.3, -0.25) is 4.90 Å². The summed E-state index contributed by atoms with van der Waals surface area (Å²) >= 11 is 0. The van der Waals surface area contributed by atoms with Gasteiger partial charge in [-0.15, -0.1) is 0 Å². The summed E-state index contributed by atoms with van der Waals surface area (Å²) in [6, 6.07) is 6.06. The summed E-state index contributed by atoms with van der Waals surface area (Å²) in [4.78, 5) is 8.87. The second kappa shape index (κ2) is 5.78. The van der Waals surface area contributed by atoms with E-state index in [1.807, 2.05) is 32.9 Å². The zero-order valence-electron chi connectivity index (χ0n) is 12.4. The predicted octanol–water partition coefficient (Wildman–Crippen LogP) is 1.15. The van der Waals surface area contributed by atoms with Crippen LogP contribution in [0.3, 0.4) is 0 Å². The molecule has 20 heavy (non-hydrogen) atoms. The number of aromatic nitrogens is 1. The van der Waals surface area contributed by atoms with Crippen molar-refractivity contribution in [2.75, 3.05) is 37.6 Å². The van der Waals surface area contributed by atoms with Crippen LogP contribution < -0.4 is 4.90 Å². The van der Waals surface area contributed by atoms with E-state index in [0.717, 1.165) is 37.6 Å². The van der Waals surface area contributed by atoms with Gasteiger partial charge in [-0.05, 0) is 32.4 Å². The molecule has 5 heteroatoms. The second-order valence-corrected chi connectivity index (χ2v) is 6.02. The smallest absolute Gasteiger partial charge is 0.145 e. The van der Waals surface area contributed by atoms with Crippen molar-refractivity contribution in [3.63, 3.8) is 0 Å². The number of anilines is 1. The maximum Gasteiger partial charge on any atom is 0.145 e. The molecule has 1 N–H and O–H groups in total. The third-order valence-electron chi connectivity index (χ3n) is 3.50. The number of aryl methyl sites for hydroxylation is 1. The summed E-state index contributed by atoms with van der Waals surface area (Å²) < 4.78 is 0. The maximum absolute atomic E-state index is 9.85. The van der Waals surface area contributed by atoms with Crippen molar-refractivity contribution < 1.29 is 5.11 Å².